The zero-order valence-corrected chi connectivity index (χ0v) is 22.2. The van der Waals surface area contributed by atoms with E-state index in [9.17, 15) is 19.8 Å². The van der Waals surface area contributed by atoms with E-state index in [4.69, 9.17) is 4.42 Å². The van der Waals surface area contributed by atoms with Crippen molar-refractivity contribution in [3.8, 4) is 0 Å². The summed E-state index contributed by atoms with van der Waals surface area (Å²) < 4.78 is 6.02. The smallest absolute Gasteiger partial charge is 0.404 e. The van der Waals surface area contributed by atoms with Gasteiger partial charge in [-0.05, 0) is 43.1 Å². The van der Waals surface area contributed by atoms with Crippen molar-refractivity contribution in [2.45, 2.75) is 32.4 Å². The van der Waals surface area contributed by atoms with Crippen LogP contribution in [0.15, 0.2) is 52.9 Å². The lowest BCUT2D eigenvalue weighted by Gasteiger charge is -2.31. The van der Waals surface area contributed by atoms with E-state index >= 15 is 0 Å². The number of hydrogen-bond acceptors (Lipinski definition) is 7. The number of carbonyl (C=O) groups excluding carboxylic acids is 1. The van der Waals surface area contributed by atoms with Gasteiger partial charge in [0.05, 0.1) is 12.1 Å². The summed E-state index contributed by atoms with van der Waals surface area (Å²) in [5.41, 5.74) is 2.53. The molecule has 10 heteroatoms. The number of likely N-dealkylation sites (N-methyl/N-ethyl adjacent to an activating group) is 1. The highest BCUT2D eigenvalue weighted by atomic mass is 16.4. The Labute approximate surface area is 222 Å². The fraction of sp³-hybridized carbons (Fsp3) is 0.464. The number of aliphatic hydroxyl groups is 1. The number of anilines is 1. The van der Waals surface area contributed by atoms with Crippen LogP contribution in [0.3, 0.4) is 0 Å². The van der Waals surface area contributed by atoms with Crippen molar-refractivity contribution in [1.82, 2.24) is 20.1 Å². The SMILES string of the molecule is CC(C)CN(C[C@@H](O)C(Cc1ccccc1)NC(=O)O)C(=O)c1ccc2nc(N3CCN(C)CC3)oc2c1. The lowest BCUT2D eigenvalue weighted by Crippen LogP contribution is -2.50. The highest BCUT2D eigenvalue weighted by Gasteiger charge is 2.28. The zero-order chi connectivity index (χ0) is 27.2. The van der Waals surface area contributed by atoms with Gasteiger partial charge in [-0.15, -0.1) is 0 Å². The summed E-state index contributed by atoms with van der Waals surface area (Å²) in [6.07, 6.45) is -2.03. The summed E-state index contributed by atoms with van der Waals surface area (Å²) in [6.45, 7) is 7.87. The molecule has 204 valence electrons. The first-order valence-corrected chi connectivity index (χ1v) is 13.0. The van der Waals surface area contributed by atoms with Crippen molar-refractivity contribution in [3.63, 3.8) is 0 Å². The second-order valence-electron chi connectivity index (χ2n) is 10.4. The van der Waals surface area contributed by atoms with Gasteiger partial charge >= 0.3 is 6.09 Å². The minimum absolute atomic E-state index is 0.0181. The molecule has 2 amide bonds. The van der Waals surface area contributed by atoms with Gasteiger partial charge in [0.25, 0.3) is 11.9 Å². The van der Waals surface area contributed by atoms with E-state index in [2.05, 4.69) is 27.1 Å². The number of nitrogens with one attached hydrogen (secondary N) is 1. The van der Waals surface area contributed by atoms with Crippen molar-refractivity contribution in [2.75, 3.05) is 51.2 Å². The highest BCUT2D eigenvalue weighted by molar-refractivity contribution is 5.97. The predicted molar refractivity (Wildman–Crippen MR) is 146 cm³/mol. The number of piperazine rings is 1. The minimum Gasteiger partial charge on any atom is -0.465 e. The maximum absolute atomic E-state index is 13.6. The number of aromatic nitrogens is 1. The molecular weight excluding hydrogens is 486 g/mol. The molecule has 0 radical (unpaired) electrons. The van der Waals surface area contributed by atoms with Gasteiger partial charge in [-0.25, -0.2) is 4.79 Å². The molecule has 0 bridgehead atoms. The Morgan fingerprint density at radius 3 is 2.45 bits per heavy atom. The number of amides is 2. The van der Waals surface area contributed by atoms with Crippen LogP contribution in [-0.2, 0) is 6.42 Å². The fourth-order valence-corrected chi connectivity index (χ4v) is 4.71. The van der Waals surface area contributed by atoms with E-state index < -0.39 is 18.2 Å². The largest absolute Gasteiger partial charge is 0.465 e. The minimum atomic E-state index is -1.22. The second kappa shape index (κ2) is 12.3. The van der Waals surface area contributed by atoms with Crippen LogP contribution in [0.5, 0.6) is 0 Å². The van der Waals surface area contributed by atoms with Crippen molar-refractivity contribution >= 4 is 29.1 Å². The molecule has 2 atom stereocenters. The van der Waals surface area contributed by atoms with Gasteiger partial charge in [0.1, 0.15) is 5.52 Å². The maximum atomic E-state index is 13.6. The summed E-state index contributed by atoms with van der Waals surface area (Å²) in [7, 11) is 2.09. The van der Waals surface area contributed by atoms with Crippen LogP contribution in [0.25, 0.3) is 11.1 Å². The monoisotopic (exact) mass is 523 g/mol. The topological polar surface area (TPSA) is 122 Å². The Morgan fingerprint density at radius 1 is 1.08 bits per heavy atom. The van der Waals surface area contributed by atoms with Crippen LogP contribution in [-0.4, -0.2) is 95.5 Å². The molecule has 0 saturated carbocycles. The maximum Gasteiger partial charge on any atom is 0.404 e. The van der Waals surface area contributed by atoms with E-state index in [0.29, 0.717) is 35.6 Å². The number of aliphatic hydroxyl groups excluding tert-OH is 1. The fourth-order valence-electron chi connectivity index (χ4n) is 4.71. The summed E-state index contributed by atoms with van der Waals surface area (Å²) in [4.78, 5) is 35.6. The molecule has 10 nitrogen and oxygen atoms in total. The van der Waals surface area contributed by atoms with Crippen LogP contribution < -0.4 is 10.2 Å². The number of nitrogens with zero attached hydrogens (tertiary/aromatic N) is 4. The number of fused-ring (bicyclic) bond motifs is 1. The lowest BCUT2D eigenvalue weighted by molar-refractivity contribution is 0.0509. The summed E-state index contributed by atoms with van der Waals surface area (Å²) in [6, 6.07) is 14.3. The Kier molecular flexibility index (Phi) is 8.85. The van der Waals surface area contributed by atoms with Crippen LogP contribution in [0.4, 0.5) is 10.8 Å². The molecule has 38 heavy (non-hydrogen) atoms. The van der Waals surface area contributed by atoms with Gasteiger partial charge in [0, 0.05) is 44.8 Å². The van der Waals surface area contributed by atoms with Gasteiger partial charge in [-0.2, -0.15) is 4.98 Å². The third kappa shape index (κ3) is 7.02. The predicted octanol–water partition coefficient (Wildman–Crippen LogP) is 2.92. The molecule has 3 aromatic rings. The lowest BCUT2D eigenvalue weighted by atomic mass is 10.00. The number of rotatable bonds is 10. The van der Waals surface area contributed by atoms with Gasteiger partial charge < -0.3 is 34.6 Å². The molecule has 4 rings (SSSR count). The molecule has 2 heterocycles. The van der Waals surface area contributed by atoms with Crippen LogP contribution in [0.2, 0.25) is 0 Å². The summed E-state index contributed by atoms with van der Waals surface area (Å²) >= 11 is 0. The first kappa shape index (κ1) is 27.4. The van der Waals surface area contributed by atoms with Gasteiger partial charge in [0.15, 0.2) is 5.58 Å². The average Bonchev–Trinajstić information content (AvgIpc) is 3.31. The normalized spacial score (nSPS) is 16.0. The summed E-state index contributed by atoms with van der Waals surface area (Å²) in [5, 5.41) is 22.9. The molecule has 0 spiro atoms. The first-order valence-electron chi connectivity index (χ1n) is 13.0. The zero-order valence-electron chi connectivity index (χ0n) is 22.2. The highest BCUT2D eigenvalue weighted by Crippen LogP contribution is 2.25. The van der Waals surface area contributed by atoms with E-state index in [-0.39, 0.29) is 18.4 Å². The number of oxazole rings is 1. The Hall–Kier alpha value is -3.63. The van der Waals surface area contributed by atoms with E-state index in [1.807, 2.05) is 44.2 Å². The van der Waals surface area contributed by atoms with Crippen LogP contribution >= 0.6 is 0 Å². The average molecular weight is 524 g/mol. The number of benzene rings is 2. The van der Waals surface area contributed by atoms with Gasteiger partial charge in [0.2, 0.25) is 0 Å². The molecule has 1 aromatic heterocycles. The third-order valence-corrected chi connectivity index (χ3v) is 6.75. The molecule has 1 fully saturated rings. The van der Waals surface area contributed by atoms with Crippen molar-refractivity contribution in [1.29, 1.82) is 0 Å². The summed E-state index contributed by atoms with van der Waals surface area (Å²) in [5.74, 6) is -0.116. The first-order chi connectivity index (χ1) is 18.2. The van der Waals surface area contributed by atoms with E-state index in [0.717, 1.165) is 31.7 Å². The number of carbonyl (C=O) groups is 2. The molecule has 1 saturated heterocycles. The van der Waals surface area contributed by atoms with Gasteiger partial charge in [-0.3, -0.25) is 4.79 Å². The number of hydrogen-bond donors (Lipinski definition) is 3. The quantitative estimate of drug-likeness (QED) is 0.371. The Bertz CT molecular complexity index is 1220. The second-order valence-corrected chi connectivity index (χ2v) is 10.4. The molecule has 3 N–H and O–H groups in total. The molecule has 1 aliphatic rings. The van der Waals surface area contributed by atoms with E-state index in [1.54, 1.807) is 23.1 Å². The van der Waals surface area contributed by atoms with Crippen molar-refractivity contribution < 1.29 is 24.2 Å². The third-order valence-electron chi connectivity index (χ3n) is 6.75. The van der Waals surface area contributed by atoms with E-state index in [1.165, 1.54) is 0 Å². The molecule has 0 aliphatic carbocycles. The van der Waals surface area contributed by atoms with Crippen LogP contribution in [0.1, 0.15) is 29.8 Å². The van der Waals surface area contributed by atoms with Gasteiger partial charge in [-0.1, -0.05) is 44.2 Å². The molecular formula is C28H37N5O5. The standard InChI is InChI=1S/C28H37N5O5/c1-19(2)17-33(18-24(34)23(30-28(36)37)15-20-7-5-4-6-8-20)26(35)21-9-10-22-25(16-21)38-27(29-22)32-13-11-31(3)12-14-32/h4-10,16,19,23-24,30,34H,11-15,17-18H2,1-3H3,(H,36,37)/t23?,24-/m1/s1. The van der Waals surface area contributed by atoms with Crippen molar-refractivity contribution in [3.05, 3.63) is 59.7 Å². The van der Waals surface area contributed by atoms with Crippen molar-refractivity contribution in [2.24, 2.45) is 5.92 Å². The molecule has 1 unspecified atom stereocenters. The Morgan fingerprint density at radius 2 is 1.79 bits per heavy atom. The molecule has 2 aromatic carbocycles. The molecule has 1 aliphatic heterocycles. The Balaban J connectivity index is 1.52. The number of carboxylic acid groups (broad SMARTS) is 1. The van der Waals surface area contributed by atoms with Crippen LogP contribution in [0, 0.1) is 5.92 Å².